The molecule has 1 aliphatic heterocycles. The number of carbonyl (C=O) groups excluding carboxylic acids is 1. The minimum atomic E-state index is -0.0888. The fraction of sp³-hybridized carbons (Fsp3) is 0.462. The summed E-state index contributed by atoms with van der Waals surface area (Å²) in [7, 11) is 3.19. The molecule has 1 amide bonds. The maximum Gasteiger partial charge on any atom is 0.224 e. The van der Waals surface area contributed by atoms with E-state index in [2.05, 4.69) is 0 Å². The van der Waals surface area contributed by atoms with E-state index in [1.807, 2.05) is 18.2 Å². The zero-order valence-corrected chi connectivity index (χ0v) is 11.2. The maximum atomic E-state index is 11.7. The van der Waals surface area contributed by atoms with Crippen LogP contribution in [0.5, 0.6) is 11.5 Å². The number of amides is 1. The van der Waals surface area contributed by atoms with Crippen molar-refractivity contribution in [2.24, 2.45) is 0 Å². The van der Waals surface area contributed by atoms with E-state index in [1.165, 1.54) is 0 Å². The van der Waals surface area contributed by atoms with Gasteiger partial charge in [0, 0.05) is 25.1 Å². The van der Waals surface area contributed by atoms with Gasteiger partial charge in [0.05, 0.1) is 19.6 Å². The number of likely N-dealkylation sites (tertiary alicyclic amines) is 1. The van der Waals surface area contributed by atoms with Crippen molar-refractivity contribution in [1.29, 1.82) is 0 Å². The van der Waals surface area contributed by atoms with E-state index >= 15 is 0 Å². The minimum Gasteiger partial charge on any atom is -0.493 e. The van der Waals surface area contributed by atoms with E-state index in [9.17, 15) is 4.79 Å². The first-order chi connectivity index (χ1) is 8.65. The fourth-order valence-electron chi connectivity index (χ4n) is 2.16. The molecular weight excluding hydrogens is 254 g/mol. The molecule has 1 fully saturated rings. The van der Waals surface area contributed by atoms with Crippen LogP contribution in [0.25, 0.3) is 0 Å². The van der Waals surface area contributed by atoms with Gasteiger partial charge in [-0.2, -0.15) is 0 Å². The first kappa shape index (κ1) is 13.0. The number of halogens is 1. The molecule has 98 valence electrons. The van der Waals surface area contributed by atoms with Gasteiger partial charge in [-0.1, -0.05) is 12.1 Å². The van der Waals surface area contributed by atoms with Gasteiger partial charge in [-0.05, 0) is 6.07 Å². The van der Waals surface area contributed by atoms with E-state index in [1.54, 1.807) is 19.1 Å². The lowest BCUT2D eigenvalue weighted by molar-refractivity contribution is -0.128. The number of alkyl halides is 1. The monoisotopic (exact) mass is 269 g/mol. The molecule has 1 heterocycles. The van der Waals surface area contributed by atoms with Crippen LogP contribution >= 0.6 is 11.6 Å². The summed E-state index contributed by atoms with van der Waals surface area (Å²) in [4.78, 5) is 13.5. The molecule has 1 aromatic rings. The van der Waals surface area contributed by atoms with Gasteiger partial charge in [-0.15, -0.1) is 11.6 Å². The van der Waals surface area contributed by atoms with Crippen molar-refractivity contribution < 1.29 is 14.3 Å². The molecular formula is C13H16ClNO3. The summed E-state index contributed by atoms with van der Waals surface area (Å²) in [5, 5.41) is -0.0888. The summed E-state index contributed by atoms with van der Waals surface area (Å²) >= 11 is 5.98. The van der Waals surface area contributed by atoms with Gasteiger partial charge >= 0.3 is 0 Å². The molecule has 1 atom stereocenters. The van der Waals surface area contributed by atoms with Crippen LogP contribution in [0.1, 0.15) is 12.0 Å². The number of rotatable bonds is 4. The highest BCUT2D eigenvalue weighted by Crippen LogP contribution is 2.32. The Kier molecular flexibility index (Phi) is 3.97. The van der Waals surface area contributed by atoms with Gasteiger partial charge in [-0.3, -0.25) is 4.79 Å². The fourth-order valence-corrected chi connectivity index (χ4v) is 2.46. The lowest BCUT2D eigenvalue weighted by Gasteiger charge is -2.19. The smallest absolute Gasteiger partial charge is 0.224 e. The summed E-state index contributed by atoms with van der Waals surface area (Å²) in [5.74, 6) is 1.43. The average Bonchev–Trinajstić information content (AvgIpc) is 2.67. The van der Waals surface area contributed by atoms with E-state index in [-0.39, 0.29) is 11.3 Å². The molecule has 0 radical (unpaired) electrons. The van der Waals surface area contributed by atoms with Gasteiger partial charge in [-0.25, -0.2) is 0 Å². The third kappa shape index (κ3) is 2.53. The summed E-state index contributed by atoms with van der Waals surface area (Å²) in [6.45, 7) is 1.09. The van der Waals surface area contributed by atoms with Crippen molar-refractivity contribution in [1.82, 2.24) is 4.90 Å². The Balaban J connectivity index is 2.21. The molecule has 1 aromatic carbocycles. The molecule has 1 unspecified atom stereocenters. The Morgan fingerprint density at radius 2 is 2.17 bits per heavy atom. The Hall–Kier alpha value is -1.42. The van der Waals surface area contributed by atoms with Gasteiger partial charge in [0.15, 0.2) is 11.5 Å². The number of ether oxygens (including phenoxy) is 2. The van der Waals surface area contributed by atoms with Crippen LogP contribution in [0, 0.1) is 0 Å². The first-order valence-corrected chi connectivity index (χ1v) is 6.21. The molecule has 0 bridgehead atoms. The van der Waals surface area contributed by atoms with Gasteiger partial charge in [0.1, 0.15) is 0 Å². The Morgan fingerprint density at radius 3 is 2.72 bits per heavy atom. The van der Waals surface area contributed by atoms with Crippen LogP contribution in [0.2, 0.25) is 0 Å². The lowest BCUT2D eigenvalue weighted by atomic mass is 10.1. The molecule has 1 saturated heterocycles. The molecule has 0 aromatic heterocycles. The van der Waals surface area contributed by atoms with E-state index < -0.39 is 0 Å². The SMILES string of the molecule is COc1cccc(CN2CC(Cl)CC2=O)c1OC. The van der Waals surface area contributed by atoms with Crippen LogP contribution in [-0.2, 0) is 11.3 Å². The van der Waals surface area contributed by atoms with Crippen LogP contribution < -0.4 is 9.47 Å². The zero-order valence-electron chi connectivity index (χ0n) is 10.5. The Labute approximate surface area is 111 Å². The summed E-state index contributed by atoms with van der Waals surface area (Å²) in [6, 6.07) is 5.64. The number of benzene rings is 1. The molecule has 1 aliphatic rings. The Bertz CT molecular complexity index is 450. The molecule has 2 rings (SSSR count). The molecule has 0 spiro atoms. The number of methoxy groups -OCH3 is 2. The highest BCUT2D eigenvalue weighted by molar-refractivity contribution is 6.22. The quantitative estimate of drug-likeness (QED) is 0.786. The maximum absolute atomic E-state index is 11.7. The third-order valence-corrected chi connectivity index (χ3v) is 3.31. The van der Waals surface area contributed by atoms with Gasteiger partial charge in [0.2, 0.25) is 5.91 Å². The van der Waals surface area contributed by atoms with Crippen molar-refractivity contribution in [2.75, 3.05) is 20.8 Å². The average molecular weight is 270 g/mol. The van der Waals surface area contributed by atoms with E-state index in [4.69, 9.17) is 21.1 Å². The van der Waals surface area contributed by atoms with E-state index in [0.29, 0.717) is 31.0 Å². The number of carbonyl (C=O) groups is 1. The van der Waals surface area contributed by atoms with Crippen molar-refractivity contribution in [3.8, 4) is 11.5 Å². The number of hydrogen-bond acceptors (Lipinski definition) is 3. The normalized spacial score (nSPS) is 19.2. The largest absolute Gasteiger partial charge is 0.493 e. The molecule has 4 nitrogen and oxygen atoms in total. The first-order valence-electron chi connectivity index (χ1n) is 5.77. The van der Waals surface area contributed by atoms with Gasteiger partial charge < -0.3 is 14.4 Å². The Morgan fingerprint density at radius 1 is 1.39 bits per heavy atom. The molecule has 18 heavy (non-hydrogen) atoms. The van der Waals surface area contributed by atoms with Crippen molar-refractivity contribution >= 4 is 17.5 Å². The zero-order chi connectivity index (χ0) is 13.1. The van der Waals surface area contributed by atoms with E-state index in [0.717, 1.165) is 5.56 Å². The van der Waals surface area contributed by atoms with Crippen molar-refractivity contribution in [2.45, 2.75) is 18.3 Å². The number of nitrogens with zero attached hydrogens (tertiary/aromatic N) is 1. The van der Waals surface area contributed by atoms with Crippen molar-refractivity contribution in [3.05, 3.63) is 23.8 Å². The van der Waals surface area contributed by atoms with Crippen LogP contribution in [0.4, 0.5) is 0 Å². The number of hydrogen-bond donors (Lipinski definition) is 0. The molecule has 0 aliphatic carbocycles. The molecule has 0 N–H and O–H groups in total. The standard InChI is InChI=1S/C13H16ClNO3/c1-17-11-5-3-4-9(13(11)18-2)7-15-8-10(14)6-12(15)16/h3-5,10H,6-8H2,1-2H3. The molecule has 5 heteroatoms. The predicted octanol–water partition coefficient (Wildman–Crippen LogP) is 2.04. The summed E-state index contributed by atoms with van der Waals surface area (Å²) in [6.07, 6.45) is 0.411. The highest BCUT2D eigenvalue weighted by Gasteiger charge is 2.28. The molecule has 0 saturated carbocycles. The number of para-hydroxylation sites is 1. The lowest BCUT2D eigenvalue weighted by Crippen LogP contribution is -2.25. The predicted molar refractivity (Wildman–Crippen MR) is 69.2 cm³/mol. The second-order valence-corrected chi connectivity index (χ2v) is 4.85. The third-order valence-electron chi connectivity index (χ3n) is 3.01. The second-order valence-electron chi connectivity index (χ2n) is 4.23. The van der Waals surface area contributed by atoms with Gasteiger partial charge in [0.25, 0.3) is 0 Å². The van der Waals surface area contributed by atoms with Crippen molar-refractivity contribution in [3.63, 3.8) is 0 Å². The second kappa shape index (κ2) is 5.48. The van der Waals surface area contributed by atoms with Crippen LogP contribution in [-0.4, -0.2) is 36.9 Å². The highest BCUT2D eigenvalue weighted by atomic mass is 35.5. The van der Waals surface area contributed by atoms with Crippen LogP contribution in [0.15, 0.2) is 18.2 Å². The summed E-state index contributed by atoms with van der Waals surface area (Å²) in [5.41, 5.74) is 0.927. The van der Waals surface area contributed by atoms with Crippen LogP contribution in [0.3, 0.4) is 0 Å². The topological polar surface area (TPSA) is 38.8 Å². The summed E-state index contributed by atoms with van der Waals surface area (Å²) < 4.78 is 10.6. The minimum absolute atomic E-state index is 0.0832.